The molecule has 0 aromatic rings. The largest absolute Gasteiger partial charge is 0.480 e. The Kier molecular flexibility index (Phi) is 11.0. The molecule has 0 unspecified atom stereocenters. The Labute approximate surface area is 160 Å². The van der Waals surface area contributed by atoms with Crippen molar-refractivity contribution < 1.29 is 69.6 Å². The predicted octanol–water partition coefficient (Wildman–Crippen LogP) is -1.84. The van der Waals surface area contributed by atoms with Gasteiger partial charge in [-0.05, 0) is 0 Å². The summed E-state index contributed by atoms with van der Waals surface area (Å²) in [5.74, 6) is -2.86. The summed E-state index contributed by atoms with van der Waals surface area (Å²) in [5, 5.41) is 26.6. The van der Waals surface area contributed by atoms with Crippen molar-refractivity contribution in [2.45, 2.75) is 0 Å². The predicted molar refractivity (Wildman–Crippen MR) is 72.2 cm³/mol. The summed E-state index contributed by atoms with van der Waals surface area (Å²) in [6, 6.07) is 0. The second-order valence-corrected chi connectivity index (χ2v) is 5.01. The molecule has 1 aliphatic rings. The zero-order valence-corrected chi connectivity index (χ0v) is 14.4. The first-order chi connectivity index (χ1) is 9.86. The molecule has 9 nitrogen and oxygen atoms in total. The van der Waals surface area contributed by atoms with Crippen LogP contribution in [0.1, 0.15) is 0 Å². The number of nitrogens with zero attached hydrogens (tertiary/aromatic N) is 3. The molecule has 1 fully saturated rings. The van der Waals surface area contributed by atoms with E-state index in [1.54, 1.807) is 14.7 Å². The smallest absolute Gasteiger partial charge is 0.317 e. The average Bonchev–Trinajstić information content (AvgIpc) is 2.42. The third kappa shape index (κ3) is 9.60. The number of carboxylic acid groups (broad SMARTS) is 3. The quantitative estimate of drug-likeness (QED) is 0.420. The maximum absolute atomic E-state index is 10.8. The number of rotatable bonds is 6. The molecule has 0 spiro atoms. The van der Waals surface area contributed by atoms with Crippen LogP contribution < -0.4 is 0 Å². The van der Waals surface area contributed by atoms with Gasteiger partial charge in [-0.2, -0.15) is 0 Å². The van der Waals surface area contributed by atoms with Crippen molar-refractivity contribution in [2.75, 3.05) is 58.9 Å². The first-order valence-corrected chi connectivity index (χ1v) is 6.69. The molecule has 1 aliphatic heterocycles. The van der Waals surface area contributed by atoms with Crippen molar-refractivity contribution in [3.63, 3.8) is 0 Å². The van der Waals surface area contributed by atoms with Crippen molar-refractivity contribution in [1.82, 2.24) is 14.7 Å². The van der Waals surface area contributed by atoms with Crippen LogP contribution in [-0.2, 0) is 14.4 Å². The molecule has 0 radical (unpaired) electrons. The molecule has 22 heavy (non-hydrogen) atoms. The number of hydrogen-bond donors (Lipinski definition) is 3. The number of hydrogen-bond acceptors (Lipinski definition) is 6. The van der Waals surface area contributed by atoms with E-state index >= 15 is 0 Å². The Bertz CT molecular complexity index is 326. The second kappa shape index (κ2) is 11.2. The zero-order chi connectivity index (χ0) is 15.8. The van der Waals surface area contributed by atoms with Crippen molar-refractivity contribution in [1.29, 1.82) is 0 Å². The van der Waals surface area contributed by atoms with Crippen molar-refractivity contribution in [3.8, 4) is 0 Å². The van der Waals surface area contributed by atoms with Gasteiger partial charge in [0.15, 0.2) is 0 Å². The van der Waals surface area contributed by atoms with E-state index in [1.807, 2.05) is 0 Å². The van der Waals surface area contributed by atoms with Crippen LogP contribution in [0.3, 0.4) is 0 Å². The normalized spacial score (nSPS) is 18.5. The minimum atomic E-state index is -0.955. The molecule has 0 amide bonds. The van der Waals surface area contributed by atoms with Crippen LogP contribution in [0.25, 0.3) is 0 Å². The standard InChI is InChI=1S/C12H21N3O6.Gd/c16-10(17)7-13-1-2-14(8-11(18)19)5-6-15(4-3-13)9-12(20)21;/h1-9H2,(H,16,17)(H,18,19)(H,20,21);. The van der Waals surface area contributed by atoms with Gasteiger partial charge in [-0.3, -0.25) is 29.1 Å². The monoisotopic (exact) mass is 461 g/mol. The number of carboxylic acids is 3. The van der Waals surface area contributed by atoms with Gasteiger partial charge in [0.1, 0.15) is 0 Å². The van der Waals surface area contributed by atoms with E-state index in [-0.39, 0.29) is 59.6 Å². The fraction of sp³-hybridized carbons (Fsp3) is 0.750. The van der Waals surface area contributed by atoms with Gasteiger partial charge in [-0.25, -0.2) is 0 Å². The molecular formula is C12H21GdN3O6. The molecular weight excluding hydrogens is 439 g/mol. The van der Waals surface area contributed by atoms with Crippen LogP contribution in [-0.4, -0.2) is 107 Å². The molecule has 0 aromatic carbocycles. The van der Waals surface area contributed by atoms with Crippen molar-refractivity contribution >= 4 is 17.9 Å². The van der Waals surface area contributed by atoms with Gasteiger partial charge in [0.25, 0.3) is 0 Å². The fourth-order valence-corrected chi connectivity index (χ4v) is 2.23. The van der Waals surface area contributed by atoms with E-state index in [2.05, 4.69) is 0 Å². The van der Waals surface area contributed by atoms with E-state index in [0.29, 0.717) is 39.3 Å². The molecule has 0 saturated carbocycles. The SMILES string of the molecule is O=C(O)CN1CCN(CC(=O)O)CCN(CC(=O)O)CC1.[Gd]. The molecule has 3 N–H and O–H groups in total. The van der Waals surface area contributed by atoms with Crippen molar-refractivity contribution in [3.05, 3.63) is 0 Å². The Balaban J connectivity index is 0.00000441. The van der Waals surface area contributed by atoms with Gasteiger partial charge in [-0.1, -0.05) is 0 Å². The maximum atomic E-state index is 10.8. The second-order valence-electron chi connectivity index (χ2n) is 5.01. The Morgan fingerprint density at radius 1 is 0.591 bits per heavy atom. The van der Waals surface area contributed by atoms with E-state index < -0.39 is 17.9 Å². The summed E-state index contributed by atoms with van der Waals surface area (Å²) in [6.07, 6.45) is 0. The zero-order valence-electron chi connectivity index (χ0n) is 12.1. The Morgan fingerprint density at radius 2 is 0.773 bits per heavy atom. The van der Waals surface area contributed by atoms with Crippen LogP contribution in [0.2, 0.25) is 0 Å². The van der Waals surface area contributed by atoms with Crippen LogP contribution in [0.5, 0.6) is 0 Å². The van der Waals surface area contributed by atoms with E-state index in [4.69, 9.17) is 15.3 Å². The molecule has 0 aliphatic carbocycles. The van der Waals surface area contributed by atoms with Crippen LogP contribution in [0.4, 0.5) is 0 Å². The molecule has 1 saturated heterocycles. The molecule has 0 atom stereocenters. The topological polar surface area (TPSA) is 122 Å². The molecule has 1 rings (SSSR count). The third-order valence-electron chi connectivity index (χ3n) is 3.27. The van der Waals surface area contributed by atoms with Gasteiger partial charge >= 0.3 is 17.9 Å². The van der Waals surface area contributed by atoms with E-state index in [0.717, 1.165) is 0 Å². The van der Waals surface area contributed by atoms with Gasteiger partial charge in [0.2, 0.25) is 0 Å². The van der Waals surface area contributed by atoms with Gasteiger partial charge in [0, 0.05) is 79.2 Å². The van der Waals surface area contributed by atoms with Crippen molar-refractivity contribution in [2.24, 2.45) is 0 Å². The number of aliphatic carboxylic acids is 3. The van der Waals surface area contributed by atoms with E-state index in [9.17, 15) is 14.4 Å². The maximum Gasteiger partial charge on any atom is 0.317 e. The molecule has 128 valence electrons. The summed E-state index contributed by atoms with van der Waals surface area (Å²) < 4.78 is 0. The van der Waals surface area contributed by atoms with Crippen LogP contribution in [0.15, 0.2) is 0 Å². The van der Waals surface area contributed by atoms with Crippen LogP contribution >= 0.6 is 0 Å². The van der Waals surface area contributed by atoms with E-state index in [1.165, 1.54) is 0 Å². The van der Waals surface area contributed by atoms with Gasteiger partial charge in [0.05, 0.1) is 19.6 Å². The average molecular weight is 461 g/mol. The van der Waals surface area contributed by atoms with Gasteiger partial charge in [-0.15, -0.1) is 0 Å². The summed E-state index contributed by atoms with van der Waals surface area (Å²) in [5.41, 5.74) is 0. The summed E-state index contributed by atoms with van der Waals surface area (Å²) in [6.45, 7) is 2.26. The molecule has 1 heterocycles. The molecule has 0 bridgehead atoms. The number of carbonyl (C=O) groups is 3. The minimum absolute atomic E-state index is 0. The summed E-state index contributed by atoms with van der Waals surface area (Å²) in [4.78, 5) is 37.5. The fourth-order valence-electron chi connectivity index (χ4n) is 2.23. The summed E-state index contributed by atoms with van der Waals surface area (Å²) in [7, 11) is 0. The Hall–Kier alpha value is -0.385. The van der Waals surface area contributed by atoms with Crippen LogP contribution in [0, 0.1) is 39.9 Å². The third-order valence-corrected chi connectivity index (χ3v) is 3.27. The molecule has 10 heteroatoms. The van der Waals surface area contributed by atoms with Gasteiger partial charge < -0.3 is 15.3 Å². The molecule has 0 aromatic heterocycles. The first kappa shape index (κ1) is 21.6. The minimum Gasteiger partial charge on any atom is -0.480 e. The summed E-state index contributed by atoms with van der Waals surface area (Å²) >= 11 is 0. The first-order valence-electron chi connectivity index (χ1n) is 6.69. The Morgan fingerprint density at radius 3 is 0.909 bits per heavy atom.